The van der Waals surface area contributed by atoms with E-state index in [9.17, 15) is 4.79 Å². The number of urea groups is 1. The van der Waals surface area contributed by atoms with Gasteiger partial charge in [0.2, 0.25) is 0 Å². The molecule has 0 saturated heterocycles. The molecule has 0 unspecified atom stereocenters. The molecule has 1 heterocycles. The van der Waals surface area contributed by atoms with Gasteiger partial charge in [-0.3, -0.25) is 4.98 Å². The Kier molecular flexibility index (Phi) is 2.25. The number of nitrogens with one attached hydrogen (secondary N) is 1. The van der Waals surface area contributed by atoms with Gasteiger partial charge in [0.05, 0.1) is 11.2 Å². The Bertz CT molecular complexity index is 522. The smallest absolute Gasteiger partial charge is 0.316 e. The Morgan fingerprint density at radius 2 is 2.27 bits per heavy atom. The van der Waals surface area contributed by atoms with E-state index in [1.165, 1.54) is 0 Å². The maximum absolute atomic E-state index is 10.8. The first-order valence-corrected chi connectivity index (χ1v) is 4.58. The number of hydrogen-bond acceptors (Lipinski definition) is 2. The second-order valence-corrected chi connectivity index (χ2v) is 3.38. The molecular formula is C11H11N3O. The quantitative estimate of drug-likeness (QED) is 0.741. The van der Waals surface area contributed by atoms with Gasteiger partial charge >= 0.3 is 6.03 Å². The number of carbonyl (C=O) groups excluding carboxylic acids is 1. The second kappa shape index (κ2) is 3.57. The first-order valence-electron chi connectivity index (χ1n) is 4.58. The van der Waals surface area contributed by atoms with E-state index in [-0.39, 0.29) is 0 Å². The molecule has 0 bridgehead atoms. The topological polar surface area (TPSA) is 68.0 Å². The molecular weight excluding hydrogens is 190 g/mol. The lowest BCUT2D eigenvalue weighted by atomic mass is 10.1. The van der Waals surface area contributed by atoms with Crippen LogP contribution in [0.1, 0.15) is 5.56 Å². The van der Waals surface area contributed by atoms with Gasteiger partial charge < -0.3 is 11.1 Å². The SMILES string of the molecule is Cc1cc(NC(N)=O)c2ncccc2c1. The van der Waals surface area contributed by atoms with Crippen molar-refractivity contribution in [1.82, 2.24) is 4.98 Å². The van der Waals surface area contributed by atoms with Crippen LogP contribution in [0.15, 0.2) is 30.5 Å². The minimum absolute atomic E-state index is 0.576. The number of benzene rings is 1. The van der Waals surface area contributed by atoms with Gasteiger partial charge in [0, 0.05) is 11.6 Å². The van der Waals surface area contributed by atoms with Crippen LogP contribution in [0.3, 0.4) is 0 Å². The van der Waals surface area contributed by atoms with Crippen molar-refractivity contribution in [1.29, 1.82) is 0 Å². The first kappa shape index (κ1) is 9.45. The zero-order chi connectivity index (χ0) is 10.8. The lowest BCUT2D eigenvalue weighted by Gasteiger charge is -2.07. The maximum atomic E-state index is 10.8. The van der Waals surface area contributed by atoms with Gasteiger partial charge in [-0.15, -0.1) is 0 Å². The molecule has 0 radical (unpaired) electrons. The summed E-state index contributed by atoms with van der Waals surface area (Å²) in [5.41, 5.74) is 7.55. The predicted octanol–water partition coefficient (Wildman–Crippen LogP) is 2.03. The average molecular weight is 201 g/mol. The molecule has 0 aliphatic heterocycles. The number of rotatable bonds is 1. The number of carbonyl (C=O) groups is 1. The summed E-state index contributed by atoms with van der Waals surface area (Å²) in [5.74, 6) is 0. The van der Waals surface area contributed by atoms with Crippen molar-refractivity contribution in [2.75, 3.05) is 5.32 Å². The van der Waals surface area contributed by atoms with Gasteiger partial charge in [-0.25, -0.2) is 4.79 Å². The number of hydrogen-bond donors (Lipinski definition) is 2. The zero-order valence-corrected chi connectivity index (χ0v) is 8.32. The highest BCUT2D eigenvalue weighted by Crippen LogP contribution is 2.22. The van der Waals surface area contributed by atoms with Gasteiger partial charge in [0.1, 0.15) is 0 Å². The largest absolute Gasteiger partial charge is 0.351 e. The Labute approximate surface area is 87.1 Å². The summed E-state index contributed by atoms with van der Waals surface area (Å²) in [6.07, 6.45) is 1.68. The summed E-state index contributed by atoms with van der Waals surface area (Å²) in [5, 5.41) is 3.55. The van der Waals surface area contributed by atoms with Crippen molar-refractivity contribution in [2.24, 2.45) is 5.73 Å². The van der Waals surface area contributed by atoms with Crippen LogP contribution in [0.2, 0.25) is 0 Å². The van der Waals surface area contributed by atoms with E-state index >= 15 is 0 Å². The number of amides is 2. The summed E-state index contributed by atoms with van der Waals surface area (Å²) in [4.78, 5) is 15.0. The molecule has 76 valence electrons. The van der Waals surface area contributed by atoms with Crippen molar-refractivity contribution < 1.29 is 4.79 Å². The molecule has 0 fully saturated rings. The first-order chi connectivity index (χ1) is 7.16. The molecule has 2 amide bonds. The van der Waals surface area contributed by atoms with Crippen molar-refractivity contribution in [3.05, 3.63) is 36.0 Å². The summed E-state index contributed by atoms with van der Waals surface area (Å²) >= 11 is 0. The fourth-order valence-electron chi connectivity index (χ4n) is 1.57. The van der Waals surface area contributed by atoms with E-state index in [1.807, 2.05) is 31.2 Å². The Hall–Kier alpha value is -2.10. The molecule has 1 aromatic carbocycles. The van der Waals surface area contributed by atoms with Gasteiger partial charge in [-0.05, 0) is 30.7 Å². The van der Waals surface area contributed by atoms with E-state index in [0.717, 1.165) is 16.5 Å². The summed E-state index contributed by atoms with van der Waals surface area (Å²) in [6, 6.07) is 7.08. The molecule has 15 heavy (non-hydrogen) atoms. The molecule has 4 heteroatoms. The van der Waals surface area contributed by atoms with E-state index in [2.05, 4.69) is 10.3 Å². The molecule has 4 nitrogen and oxygen atoms in total. The van der Waals surface area contributed by atoms with Crippen molar-refractivity contribution in [3.63, 3.8) is 0 Å². The van der Waals surface area contributed by atoms with E-state index in [0.29, 0.717) is 5.69 Å². The minimum Gasteiger partial charge on any atom is -0.351 e. The highest BCUT2D eigenvalue weighted by molar-refractivity contribution is 5.99. The predicted molar refractivity (Wildman–Crippen MR) is 59.7 cm³/mol. The molecule has 2 aromatic rings. The summed E-state index contributed by atoms with van der Waals surface area (Å²) < 4.78 is 0. The average Bonchev–Trinajstić information content (AvgIpc) is 2.16. The van der Waals surface area contributed by atoms with Crippen molar-refractivity contribution >= 4 is 22.6 Å². The van der Waals surface area contributed by atoms with Crippen LogP contribution in [0, 0.1) is 6.92 Å². The molecule has 0 aliphatic rings. The van der Waals surface area contributed by atoms with Crippen LogP contribution in [-0.2, 0) is 0 Å². The molecule has 0 aliphatic carbocycles. The van der Waals surface area contributed by atoms with Crippen LogP contribution in [-0.4, -0.2) is 11.0 Å². The van der Waals surface area contributed by atoms with Crippen molar-refractivity contribution in [3.8, 4) is 0 Å². The number of nitrogens with two attached hydrogens (primary N) is 1. The van der Waals surface area contributed by atoms with E-state index < -0.39 is 6.03 Å². The number of aromatic nitrogens is 1. The standard InChI is InChI=1S/C11H11N3O/c1-7-5-8-3-2-4-13-10(8)9(6-7)14-11(12)15/h2-6H,1H3,(H3,12,14,15). The fraction of sp³-hybridized carbons (Fsp3) is 0.0909. The normalized spacial score (nSPS) is 10.2. The lowest BCUT2D eigenvalue weighted by molar-refractivity contribution is 0.259. The highest BCUT2D eigenvalue weighted by Gasteiger charge is 2.04. The molecule has 3 N–H and O–H groups in total. The van der Waals surface area contributed by atoms with Gasteiger partial charge in [0.25, 0.3) is 0 Å². The van der Waals surface area contributed by atoms with Crippen molar-refractivity contribution in [2.45, 2.75) is 6.92 Å². The van der Waals surface area contributed by atoms with Crippen LogP contribution >= 0.6 is 0 Å². The fourth-order valence-corrected chi connectivity index (χ4v) is 1.57. The molecule has 0 spiro atoms. The van der Waals surface area contributed by atoms with Gasteiger partial charge in [-0.2, -0.15) is 0 Å². The number of aryl methyl sites for hydroxylation is 1. The van der Waals surface area contributed by atoms with Crippen LogP contribution in [0.25, 0.3) is 10.9 Å². The molecule has 1 aromatic heterocycles. The lowest BCUT2D eigenvalue weighted by Crippen LogP contribution is -2.19. The van der Waals surface area contributed by atoms with E-state index in [1.54, 1.807) is 6.20 Å². The third-order valence-electron chi connectivity index (χ3n) is 2.11. The number of primary amides is 1. The van der Waals surface area contributed by atoms with E-state index in [4.69, 9.17) is 5.73 Å². The Morgan fingerprint density at radius 1 is 1.47 bits per heavy atom. The second-order valence-electron chi connectivity index (χ2n) is 3.38. The summed E-state index contributed by atoms with van der Waals surface area (Å²) in [7, 11) is 0. The van der Waals surface area contributed by atoms with Crippen LogP contribution in [0.4, 0.5) is 10.5 Å². The summed E-state index contributed by atoms with van der Waals surface area (Å²) in [6.45, 7) is 1.96. The number of anilines is 1. The number of pyridine rings is 1. The molecule has 2 rings (SSSR count). The number of nitrogens with zero attached hydrogens (tertiary/aromatic N) is 1. The Morgan fingerprint density at radius 3 is 3.00 bits per heavy atom. The Balaban J connectivity index is 2.65. The molecule has 0 saturated carbocycles. The zero-order valence-electron chi connectivity index (χ0n) is 8.32. The van der Waals surface area contributed by atoms with Crippen LogP contribution < -0.4 is 11.1 Å². The molecule has 0 atom stereocenters. The van der Waals surface area contributed by atoms with Gasteiger partial charge in [0.15, 0.2) is 0 Å². The maximum Gasteiger partial charge on any atom is 0.316 e. The third-order valence-corrected chi connectivity index (χ3v) is 2.11. The van der Waals surface area contributed by atoms with Crippen LogP contribution in [0.5, 0.6) is 0 Å². The number of fused-ring (bicyclic) bond motifs is 1. The monoisotopic (exact) mass is 201 g/mol. The van der Waals surface area contributed by atoms with Gasteiger partial charge in [-0.1, -0.05) is 6.07 Å². The highest BCUT2D eigenvalue weighted by atomic mass is 16.2. The minimum atomic E-state index is -0.576. The third kappa shape index (κ3) is 1.88.